The quantitative estimate of drug-likeness (QED) is 0.421. The first kappa shape index (κ1) is 21.8. The van der Waals surface area contributed by atoms with Gasteiger partial charge in [0.2, 0.25) is 0 Å². The Balaban J connectivity index is 4.86. The fraction of sp³-hybridized carbons (Fsp3) is 1.00. The zero-order valence-electron chi connectivity index (χ0n) is 14.9. The van der Waals surface area contributed by atoms with E-state index in [4.69, 9.17) is 5.11 Å². The largest absolute Gasteiger partial charge is 0.396 e. The van der Waals surface area contributed by atoms with E-state index < -0.39 is 18.3 Å². The van der Waals surface area contributed by atoms with Crippen LogP contribution in [0.15, 0.2) is 0 Å². The van der Waals surface area contributed by atoms with Gasteiger partial charge in [-0.15, -0.1) is 0 Å². The van der Waals surface area contributed by atoms with Crippen molar-refractivity contribution in [2.24, 2.45) is 17.8 Å². The summed E-state index contributed by atoms with van der Waals surface area (Å²) < 4.78 is 0. The lowest BCUT2D eigenvalue weighted by Crippen LogP contribution is -2.40. The van der Waals surface area contributed by atoms with Gasteiger partial charge in [-0.25, -0.2) is 0 Å². The first-order valence-electron chi connectivity index (χ1n) is 9.06. The molecule has 4 nitrogen and oxygen atoms in total. The molecule has 0 aliphatic rings. The molecule has 0 heterocycles. The highest BCUT2D eigenvalue weighted by atomic mass is 16.3. The summed E-state index contributed by atoms with van der Waals surface area (Å²) in [6.07, 6.45) is 3.21. The van der Waals surface area contributed by atoms with Gasteiger partial charge in [0, 0.05) is 12.5 Å². The first-order valence-corrected chi connectivity index (χ1v) is 9.06. The van der Waals surface area contributed by atoms with E-state index in [2.05, 4.69) is 27.7 Å². The number of aliphatic hydroxyl groups is 4. The minimum absolute atomic E-state index is 0.0837. The summed E-state index contributed by atoms with van der Waals surface area (Å²) in [5, 5.41) is 39.9. The molecule has 0 aromatic heterocycles. The lowest BCUT2D eigenvalue weighted by atomic mass is 9.76. The van der Waals surface area contributed by atoms with Crippen LogP contribution in [0.2, 0.25) is 0 Å². The molecule has 0 aromatic carbocycles. The maximum atomic E-state index is 10.7. The Morgan fingerprint density at radius 3 is 1.82 bits per heavy atom. The van der Waals surface area contributed by atoms with Gasteiger partial charge < -0.3 is 20.4 Å². The lowest BCUT2D eigenvalue weighted by molar-refractivity contribution is -0.0509. The fourth-order valence-corrected chi connectivity index (χ4v) is 3.60. The van der Waals surface area contributed by atoms with Crippen molar-refractivity contribution in [2.45, 2.75) is 91.0 Å². The molecule has 0 saturated heterocycles. The third kappa shape index (κ3) is 7.91. The SMILES string of the molecule is CCCC(C)CC(O)C(C(O)CC(O)CCO)C(CC)CC. The minimum atomic E-state index is -0.727. The second-order valence-electron chi connectivity index (χ2n) is 6.82. The van der Waals surface area contributed by atoms with Gasteiger partial charge in [-0.1, -0.05) is 53.4 Å². The highest BCUT2D eigenvalue weighted by Gasteiger charge is 2.34. The van der Waals surface area contributed by atoms with E-state index in [1.807, 2.05) is 0 Å². The molecule has 0 rings (SSSR count). The van der Waals surface area contributed by atoms with Crippen LogP contribution in [-0.4, -0.2) is 45.3 Å². The third-order valence-corrected chi connectivity index (χ3v) is 4.88. The Kier molecular flexibility index (Phi) is 12.2. The van der Waals surface area contributed by atoms with Gasteiger partial charge in [-0.2, -0.15) is 0 Å². The average Bonchev–Trinajstić information content (AvgIpc) is 2.44. The van der Waals surface area contributed by atoms with Gasteiger partial charge >= 0.3 is 0 Å². The van der Waals surface area contributed by atoms with Gasteiger partial charge in [0.25, 0.3) is 0 Å². The summed E-state index contributed by atoms with van der Waals surface area (Å²) in [7, 11) is 0. The van der Waals surface area contributed by atoms with E-state index in [1.165, 1.54) is 0 Å². The molecule has 0 saturated carbocycles. The monoisotopic (exact) mass is 318 g/mol. The number of hydrogen-bond donors (Lipinski definition) is 4. The normalized spacial score (nSPS) is 19.0. The van der Waals surface area contributed by atoms with E-state index >= 15 is 0 Å². The Morgan fingerprint density at radius 2 is 1.36 bits per heavy atom. The summed E-state index contributed by atoms with van der Waals surface area (Å²) >= 11 is 0. The molecule has 5 unspecified atom stereocenters. The van der Waals surface area contributed by atoms with Crippen LogP contribution in [0.5, 0.6) is 0 Å². The topological polar surface area (TPSA) is 80.9 Å². The Labute approximate surface area is 136 Å². The Morgan fingerprint density at radius 1 is 0.818 bits per heavy atom. The van der Waals surface area contributed by atoms with Crippen molar-refractivity contribution in [3.63, 3.8) is 0 Å². The van der Waals surface area contributed by atoms with Crippen molar-refractivity contribution < 1.29 is 20.4 Å². The summed E-state index contributed by atoms with van der Waals surface area (Å²) in [6.45, 7) is 8.37. The molecule has 0 fully saturated rings. The molecule has 0 radical (unpaired) electrons. The van der Waals surface area contributed by atoms with E-state index in [1.54, 1.807) is 0 Å². The zero-order valence-corrected chi connectivity index (χ0v) is 14.9. The first-order chi connectivity index (χ1) is 10.4. The van der Waals surface area contributed by atoms with Gasteiger partial charge in [-0.05, 0) is 31.1 Å². The lowest BCUT2D eigenvalue weighted by Gasteiger charge is -2.35. The van der Waals surface area contributed by atoms with Crippen LogP contribution in [-0.2, 0) is 0 Å². The maximum absolute atomic E-state index is 10.7. The van der Waals surface area contributed by atoms with Crippen LogP contribution in [0.1, 0.15) is 72.6 Å². The van der Waals surface area contributed by atoms with Gasteiger partial charge in [0.15, 0.2) is 0 Å². The van der Waals surface area contributed by atoms with Gasteiger partial charge in [0.05, 0.1) is 18.3 Å². The van der Waals surface area contributed by atoms with Crippen molar-refractivity contribution in [3.8, 4) is 0 Å². The predicted octanol–water partition coefficient (Wildman–Crippen LogP) is 2.72. The summed E-state index contributed by atoms with van der Waals surface area (Å²) in [5.41, 5.74) is 0. The molecule has 0 spiro atoms. The van der Waals surface area contributed by atoms with E-state index in [0.717, 1.165) is 25.7 Å². The van der Waals surface area contributed by atoms with Crippen molar-refractivity contribution in [2.75, 3.05) is 6.61 Å². The molecule has 4 heteroatoms. The van der Waals surface area contributed by atoms with E-state index in [-0.39, 0.29) is 31.3 Å². The number of hydrogen-bond acceptors (Lipinski definition) is 4. The van der Waals surface area contributed by atoms with Crippen molar-refractivity contribution >= 4 is 0 Å². The second kappa shape index (κ2) is 12.3. The highest BCUT2D eigenvalue weighted by Crippen LogP contribution is 2.32. The van der Waals surface area contributed by atoms with E-state index in [9.17, 15) is 15.3 Å². The van der Waals surface area contributed by atoms with Crippen LogP contribution < -0.4 is 0 Å². The van der Waals surface area contributed by atoms with Crippen LogP contribution in [0, 0.1) is 17.8 Å². The van der Waals surface area contributed by atoms with Crippen molar-refractivity contribution in [3.05, 3.63) is 0 Å². The molecule has 0 aromatic rings. The molecule has 0 aliphatic carbocycles. The molecule has 4 N–H and O–H groups in total. The summed E-state index contributed by atoms with van der Waals surface area (Å²) in [6, 6.07) is 0. The Bertz CT molecular complexity index is 235. The van der Waals surface area contributed by atoms with Crippen LogP contribution in [0.4, 0.5) is 0 Å². The summed E-state index contributed by atoms with van der Waals surface area (Å²) in [5.74, 6) is 0.481. The zero-order chi connectivity index (χ0) is 17.1. The molecule has 134 valence electrons. The van der Waals surface area contributed by atoms with Crippen molar-refractivity contribution in [1.29, 1.82) is 0 Å². The molecule has 0 aliphatic heterocycles. The second-order valence-corrected chi connectivity index (χ2v) is 6.82. The molecular weight excluding hydrogens is 280 g/mol. The predicted molar refractivity (Wildman–Crippen MR) is 90.6 cm³/mol. The fourth-order valence-electron chi connectivity index (χ4n) is 3.60. The number of aliphatic hydroxyl groups excluding tert-OH is 4. The molecule has 0 amide bonds. The Hall–Kier alpha value is -0.160. The van der Waals surface area contributed by atoms with Crippen molar-refractivity contribution in [1.82, 2.24) is 0 Å². The van der Waals surface area contributed by atoms with E-state index in [0.29, 0.717) is 12.3 Å². The van der Waals surface area contributed by atoms with Crippen LogP contribution >= 0.6 is 0 Å². The van der Waals surface area contributed by atoms with Crippen LogP contribution in [0.3, 0.4) is 0 Å². The molecular formula is C18H38O4. The maximum Gasteiger partial charge on any atom is 0.0620 e. The molecule has 0 bridgehead atoms. The average molecular weight is 318 g/mol. The number of rotatable bonds is 13. The molecule has 22 heavy (non-hydrogen) atoms. The highest BCUT2D eigenvalue weighted by molar-refractivity contribution is 4.84. The smallest absolute Gasteiger partial charge is 0.0620 e. The summed E-state index contributed by atoms with van der Waals surface area (Å²) in [4.78, 5) is 0. The van der Waals surface area contributed by atoms with Gasteiger partial charge in [-0.3, -0.25) is 0 Å². The standard InChI is InChI=1S/C18H38O4/c1-5-8-13(4)11-16(21)18(14(6-2)7-3)17(22)12-15(20)9-10-19/h13-22H,5-12H2,1-4H3. The molecule has 5 atom stereocenters. The van der Waals surface area contributed by atoms with Crippen LogP contribution in [0.25, 0.3) is 0 Å². The minimum Gasteiger partial charge on any atom is -0.396 e. The third-order valence-electron chi connectivity index (χ3n) is 4.88. The van der Waals surface area contributed by atoms with Gasteiger partial charge in [0.1, 0.15) is 0 Å².